The first-order valence-corrected chi connectivity index (χ1v) is 4.32. The largest absolute Gasteiger partial charge is 0.393 e. The van der Waals surface area contributed by atoms with Gasteiger partial charge in [-0.25, -0.2) is 4.68 Å². The van der Waals surface area contributed by atoms with Gasteiger partial charge in [-0.3, -0.25) is 4.79 Å². The molecule has 1 heterocycles. The molecule has 0 saturated heterocycles. The minimum Gasteiger partial charge on any atom is -0.393 e. The maximum absolute atomic E-state index is 11.2. The summed E-state index contributed by atoms with van der Waals surface area (Å²) in [5.74, 6) is 0. The summed E-state index contributed by atoms with van der Waals surface area (Å²) in [4.78, 5) is 11.2. The summed E-state index contributed by atoms with van der Waals surface area (Å²) in [6.07, 6.45) is 0.158. The van der Waals surface area contributed by atoms with Crippen molar-refractivity contribution in [3.05, 3.63) is 28.2 Å². The maximum Gasteiger partial charge on any atom is 0.266 e. The summed E-state index contributed by atoms with van der Waals surface area (Å²) in [7, 11) is 0. The van der Waals surface area contributed by atoms with Crippen LogP contribution in [0.4, 0.5) is 0 Å². The van der Waals surface area contributed by atoms with Gasteiger partial charge in [-0.15, -0.1) is 0 Å². The van der Waals surface area contributed by atoms with Crippen LogP contribution in [0.1, 0.15) is 19.0 Å². The van der Waals surface area contributed by atoms with E-state index in [-0.39, 0.29) is 5.56 Å². The van der Waals surface area contributed by atoms with Crippen LogP contribution in [0.25, 0.3) is 0 Å². The van der Waals surface area contributed by atoms with Crippen molar-refractivity contribution in [2.24, 2.45) is 0 Å². The number of aliphatic hydroxyl groups is 1. The molecule has 1 unspecified atom stereocenters. The van der Waals surface area contributed by atoms with E-state index in [1.54, 1.807) is 13.0 Å². The Bertz CT molecular complexity index is 331. The van der Waals surface area contributed by atoms with E-state index in [1.807, 2.05) is 6.92 Å². The monoisotopic (exact) mass is 182 g/mol. The summed E-state index contributed by atoms with van der Waals surface area (Å²) in [5.41, 5.74) is 0.691. The number of aromatic nitrogens is 2. The topological polar surface area (TPSA) is 55.1 Å². The summed E-state index contributed by atoms with van der Waals surface area (Å²) >= 11 is 0. The lowest BCUT2D eigenvalue weighted by Crippen LogP contribution is -2.24. The molecular weight excluding hydrogens is 168 g/mol. The Morgan fingerprint density at radius 1 is 1.62 bits per heavy atom. The third kappa shape index (κ3) is 2.99. The van der Waals surface area contributed by atoms with E-state index in [2.05, 4.69) is 5.10 Å². The normalized spacial score (nSPS) is 12.8. The fourth-order valence-electron chi connectivity index (χ4n) is 1.02. The molecule has 0 bridgehead atoms. The first kappa shape index (κ1) is 9.92. The predicted octanol–water partition coefficient (Wildman–Crippen LogP) is 0.323. The van der Waals surface area contributed by atoms with Crippen LogP contribution in [0.15, 0.2) is 16.9 Å². The molecule has 72 valence electrons. The van der Waals surface area contributed by atoms with Crippen molar-refractivity contribution in [3.63, 3.8) is 0 Å². The highest BCUT2D eigenvalue weighted by Gasteiger charge is 2.00. The molecule has 0 aromatic carbocycles. The minimum atomic E-state index is -0.394. The Morgan fingerprint density at radius 3 is 2.92 bits per heavy atom. The molecule has 0 radical (unpaired) electrons. The second-order valence-corrected chi connectivity index (χ2v) is 3.17. The van der Waals surface area contributed by atoms with Crippen LogP contribution >= 0.6 is 0 Å². The van der Waals surface area contributed by atoms with Crippen LogP contribution in [-0.4, -0.2) is 21.0 Å². The summed E-state index contributed by atoms with van der Waals surface area (Å²) in [6.45, 7) is 4.00. The molecule has 1 atom stereocenters. The zero-order valence-corrected chi connectivity index (χ0v) is 7.90. The maximum atomic E-state index is 11.2. The summed E-state index contributed by atoms with van der Waals surface area (Å²) in [6, 6.07) is 3.17. The molecule has 1 N–H and O–H groups in total. The number of aryl methyl sites for hydroxylation is 2. The van der Waals surface area contributed by atoms with Gasteiger partial charge >= 0.3 is 0 Å². The van der Waals surface area contributed by atoms with Gasteiger partial charge in [0, 0.05) is 12.6 Å². The Morgan fingerprint density at radius 2 is 2.31 bits per heavy atom. The Kier molecular flexibility index (Phi) is 3.19. The van der Waals surface area contributed by atoms with Crippen molar-refractivity contribution < 1.29 is 5.11 Å². The standard InChI is InChI=1S/C9H14N2O2/c1-7-3-4-9(13)11(10-7)6-5-8(2)12/h3-4,8,12H,5-6H2,1-2H3. The number of hydrogen-bond acceptors (Lipinski definition) is 3. The van der Waals surface area contributed by atoms with Crippen molar-refractivity contribution in [1.29, 1.82) is 0 Å². The predicted molar refractivity (Wildman–Crippen MR) is 49.5 cm³/mol. The molecular formula is C9H14N2O2. The summed E-state index contributed by atoms with van der Waals surface area (Å²) in [5, 5.41) is 13.1. The van der Waals surface area contributed by atoms with Crippen LogP contribution in [0.3, 0.4) is 0 Å². The lowest BCUT2D eigenvalue weighted by molar-refractivity contribution is 0.175. The van der Waals surface area contributed by atoms with Gasteiger partial charge in [-0.1, -0.05) is 0 Å². The fourth-order valence-corrected chi connectivity index (χ4v) is 1.02. The van der Waals surface area contributed by atoms with Crippen molar-refractivity contribution in [1.82, 2.24) is 9.78 Å². The van der Waals surface area contributed by atoms with Crippen molar-refractivity contribution >= 4 is 0 Å². The molecule has 1 aromatic heterocycles. The fraction of sp³-hybridized carbons (Fsp3) is 0.556. The Hall–Kier alpha value is -1.16. The molecule has 4 heteroatoms. The van der Waals surface area contributed by atoms with Gasteiger partial charge in [0.1, 0.15) is 0 Å². The van der Waals surface area contributed by atoms with Crippen molar-refractivity contribution in [2.45, 2.75) is 32.9 Å². The molecule has 0 aliphatic carbocycles. The molecule has 0 saturated carbocycles. The highest BCUT2D eigenvalue weighted by molar-refractivity contribution is 4.96. The molecule has 0 fully saturated rings. The summed E-state index contributed by atoms with van der Waals surface area (Å²) < 4.78 is 1.38. The van der Waals surface area contributed by atoms with Gasteiger partial charge in [0.05, 0.1) is 11.8 Å². The number of aliphatic hydroxyl groups excluding tert-OH is 1. The Labute approximate surface area is 76.8 Å². The second kappa shape index (κ2) is 4.18. The quantitative estimate of drug-likeness (QED) is 0.732. The van der Waals surface area contributed by atoms with Gasteiger partial charge in [0.25, 0.3) is 5.56 Å². The van der Waals surface area contributed by atoms with E-state index in [0.29, 0.717) is 13.0 Å². The lowest BCUT2D eigenvalue weighted by Gasteiger charge is -2.06. The minimum absolute atomic E-state index is 0.119. The molecule has 0 spiro atoms. The highest BCUT2D eigenvalue weighted by atomic mass is 16.3. The number of rotatable bonds is 3. The zero-order valence-electron chi connectivity index (χ0n) is 7.90. The zero-order chi connectivity index (χ0) is 9.84. The molecule has 0 aliphatic heterocycles. The lowest BCUT2D eigenvalue weighted by atomic mass is 10.3. The van der Waals surface area contributed by atoms with Crippen molar-refractivity contribution in [3.8, 4) is 0 Å². The molecule has 4 nitrogen and oxygen atoms in total. The van der Waals surface area contributed by atoms with Gasteiger partial charge < -0.3 is 5.11 Å². The van der Waals surface area contributed by atoms with Crippen molar-refractivity contribution in [2.75, 3.05) is 0 Å². The first-order chi connectivity index (χ1) is 6.09. The average Bonchev–Trinajstić information content (AvgIpc) is 2.06. The smallest absolute Gasteiger partial charge is 0.266 e. The van der Waals surface area contributed by atoms with Crippen LogP contribution in [0, 0.1) is 6.92 Å². The van der Waals surface area contributed by atoms with E-state index < -0.39 is 6.10 Å². The third-order valence-electron chi connectivity index (χ3n) is 1.76. The van der Waals surface area contributed by atoms with E-state index in [4.69, 9.17) is 5.11 Å². The van der Waals surface area contributed by atoms with E-state index in [9.17, 15) is 4.79 Å². The second-order valence-electron chi connectivity index (χ2n) is 3.17. The molecule has 13 heavy (non-hydrogen) atoms. The van der Waals surface area contributed by atoms with E-state index >= 15 is 0 Å². The van der Waals surface area contributed by atoms with E-state index in [0.717, 1.165) is 5.69 Å². The average molecular weight is 182 g/mol. The van der Waals surface area contributed by atoms with Crippen LogP contribution in [0.5, 0.6) is 0 Å². The van der Waals surface area contributed by atoms with E-state index in [1.165, 1.54) is 10.7 Å². The van der Waals surface area contributed by atoms with Crippen LogP contribution in [-0.2, 0) is 6.54 Å². The third-order valence-corrected chi connectivity index (χ3v) is 1.76. The van der Waals surface area contributed by atoms with Gasteiger partial charge in [0.2, 0.25) is 0 Å². The van der Waals surface area contributed by atoms with Crippen LogP contribution in [0.2, 0.25) is 0 Å². The van der Waals surface area contributed by atoms with Gasteiger partial charge in [0.15, 0.2) is 0 Å². The van der Waals surface area contributed by atoms with Gasteiger partial charge in [-0.05, 0) is 26.3 Å². The molecule has 0 aliphatic rings. The molecule has 0 amide bonds. The highest BCUT2D eigenvalue weighted by Crippen LogP contribution is 1.92. The number of nitrogens with zero attached hydrogens (tertiary/aromatic N) is 2. The number of hydrogen-bond donors (Lipinski definition) is 1. The Balaban J connectivity index is 2.76. The molecule has 1 rings (SSSR count). The SMILES string of the molecule is Cc1ccc(=O)n(CCC(C)O)n1. The molecule has 1 aromatic rings. The van der Waals surface area contributed by atoms with Gasteiger partial charge in [-0.2, -0.15) is 5.10 Å². The first-order valence-electron chi connectivity index (χ1n) is 4.32. The van der Waals surface area contributed by atoms with Crippen LogP contribution < -0.4 is 5.56 Å².